The van der Waals surface area contributed by atoms with Crippen molar-refractivity contribution in [2.24, 2.45) is 0 Å². The lowest BCUT2D eigenvalue weighted by Crippen LogP contribution is -2.53. The largest absolute Gasteiger partial charge is 0.452 e. The Balaban J connectivity index is 1.68. The van der Waals surface area contributed by atoms with Crippen molar-refractivity contribution in [1.29, 1.82) is 0 Å². The number of carbonyl (C=O) groups excluding carboxylic acids is 4. The zero-order valence-electron chi connectivity index (χ0n) is 21.5. The van der Waals surface area contributed by atoms with Crippen molar-refractivity contribution in [2.45, 2.75) is 31.6 Å². The minimum atomic E-state index is -5.18. The molecule has 4 rings (SSSR count). The van der Waals surface area contributed by atoms with Gasteiger partial charge in [0.1, 0.15) is 18.6 Å². The highest BCUT2D eigenvalue weighted by atomic mass is 19.4. The Labute approximate surface area is 228 Å². The fraction of sp³-hybridized carbons (Fsp3) is 0.200. The zero-order chi connectivity index (χ0) is 28.9. The summed E-state index contributed by atoms with van der Waals surface area (Å²) in [4.78, 5) is 54.3. The Morgan fingerprint density at radius 3 is 1.98 bits per heavy atom. The highest BCUT2D eigenvalue weighted by Crippen LogP contribution is 2.34. The normalized spacial score (nSPS) is 16.2. The lowest BCUT2D eigenvalue weighted by atomic mass is 9.99. The topological polar surface area (TPSA) is 86.8 Å². The molecule has 0 fully saturated rings. The van der Waals surface area contributed by atoms with E-state index in [2.05, 4.69) is 5.32 Å². The Hall–Kier alpha value is -4.73. The first-order valence-electron chi connectivity index (χ1n) is 12.4. The van der Waals surface area contributed by atoms with Crippen LogP contribution in [0, 0.1) is 0 Å². The third-order valence-electron chi connectivity index (χ3n) is 6.39. The molecule has 1 aliphatic heterocycles. The van der Waals surface area contributed by atoms with Crippen LogP contribution in [-0.2, 0) is 25.6 Å². The number of amides is 3. The van der Waals surface area contributed by atoms with E-state index in [1.165, 1.54) is 18.0 Å². The van der Waals surface area contributed by atoms with Crippen LogP contribution < -0.4 is 5.32 Å². The average molecular weight is 550 g/mol. The maximum atomic E-state index is 13.9. The summed E-state index contributed by atoms with van der Waals surface area (Å²) in [5.74, 6) is -4.10. The predicted molar refractivity (Wildman–Crippen MR) is 141 cm³/mol. The molecule has 206 valence electrons. The number of benzene rings is 3. The summed E-state index contributed by atoms with van der Waals surface area (Å²) in [7, 11) is 0. The molecule has 0 aliphatic carbocycles. The number of Topliss-reactive ketones (excluding diaryl/α,β-unsaturated/α-hetero) is 1. The molecule has 2 atom stereocenters. The summed E-state index contributed by atoms with van der Waals surface area (Å²) >= 11 is 0. The van der Waals surface area contributed by atoms with Gasteiger partial charge in [-0.3, -0.25) is 24.1 Å². The average Bonchev–Trinajstić information content (AvgIpc) is 2.94. The molecule has 0 spiro atoms. The van der Waals surface area contributed by atoms with Gasteiger partial charge in [0.05, 0.1) is 5.70 Å². The molecule has 1 N–H and O–H groups in total. The van der Waals surface area contributed by atoms with E-state index in [9.17, 15) is 32.3 Å². The van der Waals surface area contributed by atoms with Gasteiger partial charge in [-0.2, -0.15) is 13.2 Å². The van der Waals surface area contributed by atoms with E-state index in [4.69, 9.17) is 0 Å². The van der Waals surface area contributed by atoms with Gasteiger partial charge in [-0.05, 0) is 16.7 Å². The lowest BCUT2D eigenvalue weighted by molar-refractivity contribution is -0.173. The summed E-state index contributed by atoms with van der Waals surface area (Å²) < 4.78 is 40.2. The molecule has 7 nitrogen and oxygen atoms in total. The van der Waals surface area contributed by atoms with E-state index < -0.39 is 48.3 Å². The highest BCUT2D eigenvalue weighted by Gasteiger charge is 2.45. The number of rotatable bonds is 8. The van der Waals surface area contributed by atoms with E-state index in [1.807, 2.05) is 0 Å². The first-order valence-corrected chi connectivity index (χ1v) is 12.4. The fourth-order valence-corrected chi connectivity index (χ4v) is 4.52. The predicted octanol–water partition coefficient (Wildman–Crippen LogP) is 4.28. The number of nitrogens with one attached hydrogen (secondary N) is 1. The van der Waals surface area contributed by atoms with E-state index in [0.717, 1.165) is 4.90 Å². The molecular weight excluding hydrogens is 523 g/mol. The maximum Gasteiger partial charge on any atom is 0.452 e. The number of halogens is 3. The molecule has 0 aromatic heterocycles. The van der Waals surface area contributed by atoms with Gasteiger partial charge in [0.25, 0.3) is 11.7 Å². The first-order chi connectivity index (χ1) is 19.1. The summed E-state index contributed by atoms with van der Waals surface area (Å²) in [5.41, 5.74) is 1.63. The summed E-state index contributed by atoms with van der Waals surface area (Å²) in [5, 5.41) is 2.19. The van der Waals surface area contributed by atoms with Crippen molar-refractivity contribution >= 4 is 29.2 Å². The van der Waals surface area contributed by atoms with Crippen LogP contribution in [0.2, 0.25) is 0 Å². The molecular formula is C30H26F3N3O4. The van der Waals surface area contributed by atoms with Crippen molar-refractivity contribution < 1.29 is 32.3 Å². The summed E-state index contributed by atoms with van der Waals surface area (Å²) in [6, 6.07) is 22.0. The standard InChI is InChI=1S/C30H26F3N3O4/c1-20(37)35-18-25(22-13-7-3-8-14-22)36(29(40)27(35)23-15-9-4-10-16-23)19-26(38)34-24(28(39)30(31,32)33)17-21-11-5-2-6-12-21/h2-16,18,24,27H,17,19H2,1H3,(H,34,38). The number of hydrogen-bond donors (Lipinski definition) is 1. The number of carbonyl (C=O) groups is 4. The second kappa shape index (κ2) is 12.0. The van der Waals surface area contributed by atoms with Crippen molar-refractivity contribution in [3.05, 3.63) is 114 Å². The Morgan fingerprint density at radius 2 is 1.43 bits per heavy atom. The van der Waals surface area contributed by atoms with Crippen LogP contribution in [0.15, 0.2) is 97.2 Å². The molecule has 3 aromatic rings. The Kier molecular flexibility index (Phi) is 8.47. The number of alkyl halides is 3. The molecule has 3 aromatic carbocycles. The van der Waals surface area contributed by atoms with Crippen LogP contribution in [0.4, 0.5) is 13.2 Å². The number of ketones is 1. The lowest BCUT2D eigenvalue weighted by Gasteiger charge is -2.39. The second-order valence-corrected chi connectivity index (χ2v) is 9.22. The first kappa shape index (κ1) is 28.3. The molecule has 3 amide bonds. The molecule has 10 heteroatoms. The summed E-state index contributed by atoms with van der Waals surface area (Å²) in [6.07, 6.45) is -4.11. The van der Waals surface area contributed by atoms with Crippen LogP contribution in [0.5, 0.6) is 0 Å². The van der Waals surface area contributed by atoms with Gasteiger partial charge < -0.3 is 10.2 Å². The van der Waals surface area contributed by atoms with Gasteiger partial charge in [-0.15, -0.1) is 0 Å². The number of hydrogen-bond acceptors (Lipinski definition) is 4. The smallest absolute Gasteiger partial charge is 0.344 e. The molecule has 0 saturated carbocycles. The minimum Gasteiger partial charge on any atom is -0.344 e. The van der Waals surface area contributed by atoms with Crippen LogP contribution in [0.1, 0.15) is 29.7 Å². The number of nitrogens with zero attached hydrogens (tertiary/aromatic N) is 2. The minimum absolute atomic E-state index is 0.213. The maximum absolute atomic E-state index is 13.9. The van der Waals surface area contributed by atoms with Crippen molar-refractivity contribution in [3.63, 3.8) is 0 Å². The van der Waals surface area contributed by atoms with Gasteiger partial charge >= 0.3 is 6.18 Å². The van der Waals surface area contributed by atoms with Crippen molar-refractivity contribution in [2.75, 3.05) is 6.54 Å². The Morgan fingerprint density at radius 1 is 0.875 bits per heavy atom. The fourth-order valence-electron chi connectivity index (χ4n) is 4.52. The van der Waals surface area contributed by atoms with Gasteiger partial charge in [0, 0.05) is 19.5 Å². The SMILES string of the molecule is CC(=O)N1C=C(c2ccccc2)N(CC(=O)NC(Cc2ccccc2)C(=O)C(F)(F)F)C(=O)C1c1ccccc1. The molecule has 0 bridgehead atoms. The van der Waals surface area contributed by atoms with Crippen LogP contribution in [-0.4, -0.2) is 52.1 Å². The van der Waals surface area contributed by atoms with E-state index in [1.54, 1.807) is 91.0 Å². The quantitative estimate of drug-likeness (QED) is 0.455. The van der Waals surface area contributed by atoms with Crippen molar-refractivity contribution in [3.8, 4) is 0 Å². The summed E-state index contributed by atoms with van der Waals surface area (Å²) in [6.45, 7) is 0.632. The monoisotopic (exact) mass is 549 g/mol. The van der Waals surface area contributed by atoms with Gasteiger partial charge in [0.15, 0.2) is 0 Å². The zero-order valence-corrected chi connectivity index (χ0v) is 21.5. The molecule has 0 saturated heterocycles. The molecule has 1 heterocycles. The van der Waals surface area contributed by atoms with Gasteiger partial charge in [0.2, 0.25) is 11.8 Å². The third kappa shape index (κ3) is 6.45. The van der Waals surface area contributed by atoms with E-state index in [0.29, 0.717) is 16.7 Å². The van der Waals surface area contributed by atoms with Crippen LogP contribution in [0.3, 0.4) is 0 Å². The van der Waals surface area contributed by atoms with Crippen LogP contribution >= 0.6 is 0 Å². The molecule has 40 heavy (non-hydrogen) atoms. The molecule has 2 unspecified atom stereocenters. The van der Waals surface area contributed by atoms with Gasteiger partial charge in [-0.25, -0.2) is 0 Å². The Bertz CT molecular complexity index is 1410. The van der Waals surface area contributed by atoms with E-state index >= 15 is 0 Å². The molecule has 0 radical (unpaired) electrons. The molecule has 1 aliphatic rings. The highest BCUT2D eigenvalue weighted by molar-refractivity contribution is 6.00. The van der Waals surface area contributed by atoms with Crippen LogP contribution in [0.25, 0.3) is 5.70 Å². The van der Waals surface area contributed by atoms with Crippen molar-refractivity contribution in [1.82, 2.24) is 15.1 Å². The second-order valence-electron chi connectivity index (χ2n) is 9.22. The third-order valence-corrected chi connectivity index (χ3v) is 6.39. The van der Waals surface area contributed by atoms with Gasteiger partial charge in [-0.1, -0.05) is 91.0 Å². The van der Waals surface area contributed by atoms with E-state index in [-0.39, 0.29) is 12.1 Å².